The number of hydrogen-bond acceptors (Lipinski definition) is 0. The highest BCUT2D eigenvalue weighted by molar-refractivity contribution is 9.09. The Bertz CT molecular complexity index is 97.2. The average Bonchev–Trinajstić information content (AvgIpc) is 2.10. The fourth-order valence-electron chi connectivity index (χ4n) is 1.12. The lowest BCUT2D eigenvalue weighted by Crippen LogP contribution is -1.74. The van der Waals surface area contributed by atoms with Crippen molar-refractivity contribution in [1.82, 2.24) is 0 Å². The third-order valence-electron chi connectivity index (χ3n) is 1.90. The molecule has 0 amide bonds. The lowest BCUT2D eigenvalue weighted by molar-refractivity contribution is 0.673. The van der Waals surface area contributed by atoms with Gasteiger partial charge in [-0.1, -0.05) is 54.3 Å². The molecule has 0 heterocycles. The molecule has 1 heteroatoms. The minimum absolute atomic E-state index is 1.13. The maximum absolute atomic E-state index is 3.42. The van der Waals surface area contributed by atoms with Crippen molar-refractivity contribution in [2.75, 3.05) is 5.33 Å². The van der Waals surface area contributed by atoms with Crippen LogP contribution in [0.5, 0.6) is 0 Å². The molecule has 0 rings (SSSR count). The third-order valence-corrected chi connectivity index (χ3v) is 2.46. The lowest BCUT2D eigenvalue weighted by Gasteiger charge is -1.93. The van der Waals surface area contributed by atoms with Crippen LogP contribution < -0.4 is 0 Å². The molecule has 0 bridgehead atoms. The lowest BCUT2D eigenvalue weighted by atomic mass is 10.1. The van der Waals surface area contributed by atoms with Crippen molar-refractivity contribution in [2.24, 2.45) is 0 Å². The van der Waals surface area contributed by atoms with Crippen LogP contribution in [-0.2, 0) is 0 Å². The fourth-order valence-corrected chi connectivity index (χ4v) is 1.44. The van der Waals surface area contributed by atoms with Crippen molar-refractivity contribution in [3.8, 4) is 0 Å². The molecule has 0 fully saturated rings. The molecule has 0 atom stereocenters. The average molecular weight is 233 g/mol. The number of rotatable bonds is 8. The van der Waals surface area contributed by atoms with E-state index in [0.717, 1.165) is 5.33 Å². The molecule has 0 saturated carbocycles. The van der Waals surface area contributed by atoms with Gasteiger partial charge >= 0.3 is 0 Å². The number of alkyl halides is 1. The van der Waals surface area contributed by atoms with Gasteiger partial charge in [-0.05, 0) is 25.7 Å². The number of unbranched alkanes of at least 4 members (excludes halogenated alkanes) is 5. The zero-order valence-electron chi connectivity index (χ0n) is 8.19. The Morgan fingerprint density at radius 3 is 2.17 bits per heavy atom. The highest BCUT2D eigenvalue weighted by atomic mass is 79.9. The van der Waals surface area contributed by atoms with Crippen LogP contribution in [0.15, 0.2) is 12.2 Å². The fraction of sp³-hybridized carbons (Fsp3) is 0.818. The predicted molar refractivity (Wildman–Crippen MR) is 60.9 cm³/mol. The molecule has 72 valence electrons. The minimum Gasteiger partial charge on any atom is -0.0928 e. The van der Waals surface area contributed by atoms with Gasteiger partial charge in [0.15, 0.2) is 0 Å². The summed E-state index contributed by atoms with van der Waals surface area (Å²) in [5.74, 6) is 0. The molecular weight excluding hydrogens is 212 g/mol. The summed E-state index contributed by atoms with van der Waals surface area (Å²) < 4.78 is 0. The number of hydrogen-bond donors (Lipinski definition) is 0. The summed E-state index contributed by atoms with van der Waals surface area (Å²) in [5, 5.41) is 1.13. The quantitative estimate of drug-likeness (QED) is 0.324. The highest BCUT2D eigenvalue weighted by Gasteiger charge is 1.84. The van der Waals surface area contributed by atoms with Gasteiger partial charge in [-0.25, -0.2) is 0 Å². The standard InChI is InChI=1S/C11H21Br/c1-2-3-4-5-6-7-8-9-10-11-12/h7-8H,2-6,9-11H2,1H3/b8-7-. The van der Waals surface area contributed by atoms with Crippen molar-refractivity contribution in [2.45, 2.75) is 51.9 Å². The number of halogens is 1. The van der Waals surface area contributed by atoms with E-state index in [-0.39, 0.29) is 0 Å². The molecule has 0 radical (unpaired) electrons. The van der Waals surface area contributed by atoms with Crippen LogP contribution in [0.25, 0.3) is 0 Å². The SMILES string of the molecule is CCCCCC/C=C\CCCBr. The molecular formula is C11H21Br. The van der Waals surface area contributed by atoms with E-state index in [4.69, 9.17) is 0 Å². The third kappa shape index (κ3) is 10.2. The first-order valence-corrected chi connectivity index (χ1v) is 6.25. The van der Waals surface area contributed by atoms with Gasteiger partial charge in [0.25, 0.3) is 0 Å². The van der Waals surface area contributed by atoms with Gasteiger partial charge in [0.1, 0.15) is 0 Å². The molecule has 0 unspecified atom stereocenters. The van der Waals surface area contributed by atoms with Gasteiger partial charge in [-0.15, -0.1) is 0 Å². The Morgan fingerprint density at radius 2 is 1.58 bits per heavy atom. The van der Waals surface area contributed by atoms with E-state index >= 15 is 0 Å². The first-order valence-electron chi connectivity index (χ1n) is 5.12. The highest BCUT2D eigenvalue weighted by Crippen LogP contribution is 2.03. The van der Waals surface area contributed by atoms with Crippen LogP contribution in [0, 0.1) is 0 Å². The van der Waals surface area contributed by atoms with Crippen LogP contribution in [0.1, 0.15) is 51.9 Å². The van der Waals surface area contributed by atoms with Gasteiger partial charge in [-0.2, -0.15) is 0 Å². The van der Waals surface area contributed by atoms with Gasteiger partial charge in [-0.3, -0.25) is 0 Å². The summed E-state index contributed by atoms with van der Waals surface area (Å²) in [6.07, 6.45) is 13.9. The van der Waals surface area contributed by atoms with E-state index < -0.39 is 0 Å². The minimum atomic E-state index is 1.13. The van der Waals surface area contributed by atoms with Crippen LogP contribution >= 0.6 is 15.9 Å². The summed E-state index contributed by atoms with van der Waals surface area (Å²) in [6.45, 7) is 2.26. The van der Waals surface area contributed by atoms with Gasteiger partial charge in [0.05, 0.1) is 0 Å². The molecule has 0 aromatic carbocycles. The Kier molecular flexibility index (Phi) is 11.4. The molecule has 0 spiro atoms. The summed E-state index contributed by atoms with van der Waals surface area (Å²) in [4.78, 5) is 0. The molecule has 0 aliphatic rings. The first-order chi connectivity index (χ1) is 5.91. The van der Waals surface area contributed by atoms with Crippen molar-refractivity contribution in [3.63, 3.8) is 0 Å². The maximum atomic E-state index is 3.42. The Hall–Kier alpha value is 0.220. The number of allylic oxidation sites excluding steroid dienone is 2. The van der Waals surface area contributed by atoms with Crippen molar-refractivity contribution in [3.05, 3.63) is 12.2 Å². The molecule has 0 aliphatic carbocycles. The topological polar surface area (TPSA) is 0 Å². The zero-order valence-corrected chi connectivity index (χ0v) is 9.78. The van der Waals surface area contributed by atoms with Crippen LogP contribution in [0.3, 0.4) is 0 Å². The predicted octanol–water partition coefficient (Wildman–Crippen LogP) is 4.69. The van der Waals surface area contributed by atoms with Crippen molar-refractivity contribution < 1.29 is 0 Å². The zero-order chi connectivity index (χ0) is 9.07. The van der Waals surface area contributed by atoms with Crippen LogP contribution in [-0.4, -0.2) is 5.33 Å². The van der Waals surface area contributed by atoms with Crippen molar-refractivity contribution in [1.29, 1.82) is 0 Å². The molecule has 12 heavy (non-hydrogen) atoms. The summed E-state index contributed by atoms with van der Waals surface area (Å²) in [5.41, 5.74) is 0. The van der Waals surface area contributed by atoms with Gasteiger partial charge in [0.2, 0.25) is 0 Å². The Labute approximate surface area is 85.6 Å². The second-order valence-electron chi connectivity index (χ2n) is 3.15. The smallest absolute Gasteiger partial charge is 0.00342 e. The van der Waals surface area contributed by atoms with Crippen LogP contribution in [0.4, 0.5) is 0 Å². The molecule has 0 saturated heterocycles. The molecule has 0 nitrogen and oxygen atoms in total. The normalized spacial score (nSPS) is 11.2. The Morgan fingerprint density at radius 1 is 0.917 bits per heavy atom. The molecule has 0 N–H and O–H groups in total. The molecule has 0 aliphatic heterocycles. The van der Waals surface area contributed by atoms with Crippen LogP contribution in [0.2, 0.25) is 0 Å². The van der Waals surface area contributed by atoms with Gasteiger partial charge < -0.3 is 0 Å². The van der Waals surface area contributed by atoms with Crippen molar-refractivity contribution >= 4 is 15.9 Å². The van der Waals surface area contributed by atoms with E-state index in [9.17, 15) is 0 Å². The van der Waals surface area contributed by atoms with Gasteiger partial charge in [0, 0.05) is 5.33 Å². The molecule has 0 aromatic heterocycles. The maximum Gasteiger partial charge on any atom is 0.00342 e. The summed E-state index contributed by atoms with van der Waals surface area (Å²) >= 11 is 3.42. The second-order valence-corrected chi connectivity index (χ2v) is 3.94. The monoisotopic (exact) mass is 232 g/mol. The second kappa shape index (κ2) is 11.2. The molecule has 0 aromatic rings. The Balaban J connectivity index is 2.92. The van der Waals surface area contributed by atoms with E-state index in [1.165, 1.54) is 44.9 Å². The first kappa shape index (κ1) is 12.2. The van der Waals surface area contributed by atoms with E-state index in [1.54, 1.807) is 0 Å². The van der Waals surface area contributed by atoms with E-state index in [1.807, 2.05) is 0 Å². The summed E-state index contributed by atoms with van der Waals surface area (Å²) in [7, 11) is 0. The largest absolute Gasteiger partial charge is 0.0928 e. The van der Waals surface area contributed by atoms with E-state index in [0.29, 0.717) is 0 Å². The van der Waals surface area contributed by atoms with E-state index in [2.05, 4.69) is 35.0 Å². The summed E-state index contributed by atoms with van der Waals surface area (Å²) in [6, 6.07) is 0.